The molecule has 0 heterocycles. The zero-order chi connectivity index (χ0) is 14.6. The molecule has 0 unspecified atom stereocenters. The van der Waals surface area contributed by atoms with Gasteiger partial charge in [-0.15, -0.1) is 0 Å². The fourth-order valence-electron chi connectivity index (χ4n) is 2.04. The molecule has 1 aromatic rings. The van der Waals surface area contributed by atoms with Crippen molar-refractivity contribution < 1.29 is 0 Å². The van der Waals surface area contributed by atoms with Crippen molar-refractivity contribution in [1.29, 1.82) is 0 Å². The van der Waals surface area contributed by atoms with Crippen LogP contribution in [0.2, 0.25) is 0 Å². The van der Waals surface area contributed by atoms with Crippen molar-refractivity contribution in [2.24, 2.45) is 5.92 Å². The van der Waals surface area contributed by atoms with Crippen molar-refractivity contribution in [3.63, 3.8) is 0 Å². The molecule has 0 radical (unpaired) electrons. The van der Waals surface area contributed by atoms with Gasteiger partial charge in [0.25, 0.3) is 0 Å². The van der Waals surface area contributed by atoms with Crippen LogP contribution in [-0.2, 0) is 0 Å². The molecule has 0 amide bonds. The van der Waals surface area contributed by atoms with Gasteiger partial charge in [0.1, 0.15) is 0 Å². The smallest absolute Gasteiger partial charge is 0.0190 e. The average Bonchev–Trinajstić information content (AvgIpc) is 2.35. The van der Waals surface area contributed by atoms with E-state index in [1.165, 1.54) is 27.8 Å². The molecule has 1 aromatic carbocycles. The maximum atomic E-state index is 4.22. The molecule has 0 saturated heterocycles. The van der Waals surface area contributed by atoms with Crippen molar-refractivity contribution in [3.05, 3.63) is 64.8 Å². The van der Waals surface area contributed by atoms with Crippen LogP contribution in [0.5, 0.6) is 0 Å². The van der Waals surface area contributed by atoms with Gasteiger partial charge >= 0.3 is 0 Å². The van der Waals surface area contributed by atoms with E-state index < -0.39 is 0 Å². The van der Waals surface area contributed by atoms with E-state index in [-0.39, 0.29) is 0 Å². The van der Waals surface area contributed by atoms with Crippen molar-refractivity contribution in [2.75, 3.05) is 0 Å². The van der Waals surface area contributed by atoms with Crippen LogP contribution in [0.15, 0.2) is 53.6 Å². The predicted octanol–water partition coefficient (Wildman–Crippen LogP) is 5.95. The summed E-state index contributed by atoms with van der Waals surface area (Å²) in [5.74, 6) is 0.511. The summed E-state index contributed by atoms with van der Waals surface area (Å²) in [6.07, 6.45) is 2.23. The normalized spacial score (nSPS) is 11.6. The van der Waals surface area contributed by atoms with Crippen LogP contribution in [0.4, 0.5) is 0 Å². The van der Waals surface area contributed by atoms with Gasteiger partial charge in [-0.05, 0) is 55.9 Å². The SMILES string of the molecule is C=C(/C=C(\C(C)=C(C)C)C(C)C)c1ccc(C)cc1. The summed E-state index contributed by atoms with van der Waals surface area (Å²) in [6, 6.07) is 8.56. The molecule has 1 rings (SSSR count). The Hall–Kier alpha value is -1.56. The Morgan fingerprint density at radius 3 is 2.00 bits per heavy atom. The van der Waals surface area contributed by atoms with Gasteiger partial charge in [-0.1, -0.05) is 61.9 Å². The molecule has 0 aliphatic carbocycles. The van der Waals surface area contributed by atoms with Crippen molar-refractivity contribution in [2.45, 2.75) is 41.5 Å². The van der Waals surface area contributed by atoms with Crippen LogP contribution in [0.3, 0.4) is 0 Å². The predicted molar refractivity (Wildman–Crippen MR) is 87.2 cm³/mol. The second-order valence-corrected chi connectivity index (χ2v) is 5.77. The van der Waals surface area contributed by atoms with Crippen LogP contribution in [0, 0.1) is 12.8 Å². The fraction of sp³-hybridized carbons (Fsp3) is 0.368. The van der Waals surface area contributed by atoms with E-state index in [1.807, 2.05) is 0 Å². The lowest BCUT2D eigenvalue weighted by Gasteiger charge is -2.15. The summed E-state index contributed by atoms with van der Waals surface area (Å²) >= 11 is 0. The quantitative estimate of drug-likeness (QED) is 0.583. The summed E-state index contributed by atoms with van der Waals surface area (Å²) in [5, 5.41) is 0. The molecular formula is C19H26. The third-order valence-corrected chi connectivity index (χ3v) is 3.56. The van der Waals surface area contributed by atoms with Crippen molar-refractivity contribution >= 4 is 5.57 Å². The Morgan fingerprint density at radius 1 is 1.05 bits per heavy atom. The lowest BCUT2D eigenvalue weighted by molar-refractivity contribution is 0.775. The highest BCUT2D eigenvalue weighted by molar-refractivity contribution is 5.74. The number of aryl methyl sites for hydroxylation is 1. The molecule has 0 heteroatoms. The first-order valence-corrected chi connectivity index (χ1v) is 6.95. The van der Waals surface area contributed by atoms with E-state index in [2.05, 4.69) is 78.5 Å². The maximum absolute atomic E-state index is 4.22. The van der Waals surface area contributed by atoms with E-state index in [0.29, 0.717) is 5.92 Å². The van der Waals surface area contributed by atoms with Gasteiger partial charge in [-0.3, -0.25) is 0 Å². The Bertz CT molecular complexity index is 503. The Labute approximate surface area is 118 Å². The van der Waals surface area contributed by atoms with Gasteiger partial charge in [0.2, 0.25) is 0 Å². The molecule has 0 aliphatic rings. The molecule has 0 nitrogen and oxygen atoms in total. The first-order chi connectivity index (χ1) is 8.82. The fourth-order valence-corrected chi connectivity index (χ4v) is 2.04. The maximum Gasteiger partial charge on any atom is -0.0190 e. The topological polar surface area (TPSA) is 0 Å². The Morgan fingerprint density at radius 2 is 1.58 bits per heavy atom. The van der Waals surface area contributed by atoms with E-state index in [9.17, 15) is 0 Å². The van der Waals surface area contributed by atoms with Crippen molar-refractivity contribution in [3.8, 4) is 0 Å². The summed E-state index contributed by atoms with van der Waals surface area (Å²) in [7, 11) is 0. The number of benzene rings is 1. The Balaban J connectivity index is 3.13. The standard InChI is InChI=1S/C19H26/c1-13(2)17(7)19(14(3)4)12-16(6)18-10-8-15(5)9-11-18/h8-12,14H,6H2,1-5,7H3/b19-12-. The van der Waals surface area contributed by atoms with Gasteiger partial charge in [-0.25, -0.2) is 0 Å². The highest BCUT2D eigenvalue weighted by atomic mass is 14.1. The van der Waals surface area contributed by atoms with E-state index in [0.717, 1.165) is 5.57 Å². The third kappa shape index (κ3) is 4.24. The minimum atomic E-state index is 0.511. The average molecular weight is 254 g/mol. The summed E-state index contributed by atoms with van der Waals surface area (Å²) in [6.45, 7) is 17.3. The number of allylic oxidation sites excluding steroid dienone is 5. The van der Waals surface area contributed by atoms with Gasteiger partial charge < -0.3 is 0 Å². The second-order valence-electron chi connectivity index (χ2n) is 5.77. The highest BCUT2D eigenvalue weighted by Gasteiger charge is 2.08. The van der Waals surface area contributed by atoms with Gasteiger partial charge in [0.05, 0.1) is 0 Å². The molecule has 0 bridgehead atoms. The lowest BCUT2D eigenvalue weighted by atomic mass is 9.90. The largest absolute Gasteiger partial charge is 0.0911 e. The zero-order valence-electron chi connectivity index (χ0n) is 13.2. The highest BCUT2D eigenvalue weighted by Crippen LogP contribution is 2.26. The van der Waals surface area contributed by atoms with Gasteiger partial charge in [0.15, 0.2) is 0 Å². The van der Waals surface area contributed by atoms with Crippen LogP contribution >= 0.6 is 0 Å². The Kier molecular flexibility index (Phi) is 5.35. The molecule has 0 aromatic heterocycles. The van der Waals surface area contributed by atoms with Crippen LogP contribution in [-0.4, -0.2) is 0 Å². The van der Waals surface area contributed by atoms with Crippen molar-refractivity contribution in [1.82, 2.24) is 0 Å². The minimum Gasteiger partial charge on any atom is -0.0911 e. The molecule has 0 saturated carbocycles. The van der Waals surface area contributed by atoms with Crippen LogP contribution in [0.1, 0.15) is 45.7 Å². The summed E-state index contributed by atoms with van der Waals surface area (Å²) in [5.41, 5.74) is 7.70. The number of rotatable bonds is 4. The lowest BCUT2D eigenvalue weighted by Crippen LogP contribution is -1.98. The molecule has 0 spiro atoms. The minimum absolute atomic E-state index is 0.511. The third-order valence-electron chi connectivity index (χ3n) is 3.56. The number of hydrogen-bond donors (Lipinski definition) is 0. The first kappa shape index (κ1) is 15.5. The summed E-state index contributed by atoms with van der Waals surface area (Å²) < 4.78 is 0. The number of hydrogen-bond acceptors (Lipinski definition) is 0. The molecule has 0 aliphatic heterocycles. The molecule has 0 fully saturated rings. The first-order valence-electron chi connectivity index (χ1n) is 6.95. The molecule has 19 heavy (non-hydrogen) atoms. The van der Waals surface area contributed by atoms with Crippen LogP contribution in [0.25, 0.3) is 5.57 Å². The zero-order valence-corrected chi connectivity index (χ0v) is 13.2. The van der Waals surface area contributed by atoms with Gasteiger partial charge in [-0.2, -0.15) is 0 Å². The van der Waals surface area contributed by atoms with Gasteiger partial charge in [0, 0.05) is 0 Å². The monoisotopic (exact) mass is 254 g/mol. The molecular weight excluding hydrogens is 228 g/mol. The molecule has 0 N–H and O–H groups in total. The van der Waals surface area contributed by atoms with E-state index in [1.54, 1.807) is 0 Å². The van der Waals surface area contributed by atoms with E-state index in [4.69, 9.17) is 0 Å². The molecule has 102 valence electrons. The summed E-state index contributed by atoms with van der Waals surface area (Å²) in [4.78, 5) is 0. The molecule has 0 atom stereocenters. The second kappa shape index (κ2) is 6.56. The van der Waals surface area contributed by atoms with Crippen LogP contribution < -0.4 is 0 Å². The van der Waals surface area contributed by atoms with E-state index >= 15 is 0 Å².